The molecule has 4 aromatic rings. The Kier molecular flexibility index (Phi) is 4.78. The molecular weight excluding hydrogens is 409 g/mol. The van der Waals surface area contributed by atoms with E-state index in [9.17, 15) is 0 Å². The molecule has 7 heteroatoms. The van der Waals surface area contributed by atoms with E-state index in [1.807, 2.05) is 54.6 Å². The summed E-state index contributed by atoms with van der Waals surface area (Å²) in [5.41, 5.74) is 2.78. The van der Waals surface area contributed by atoms with Gasteiger partial charge in [0, 0.05) is 21.7 Å². The van der Waals surface area contributed by atoms with Gasteiger partial charge in [-0.05, 0) is 41.7 Å². The van der Waals surface area contributed by atoms with Gasteiger partial charge in [0.15, 0.2) is 0 Å². The minimum absolute atomic E-state index is 0.523. The fourth-order valence-corrected chi connectivity index (χ4v) is 3.51. The summed E-state index contributed by atoms with van der Waals surface area (Å²) >= 11 is 3.46. The third-order valence-corrected chi connectivity index (χ3v) is 4.75. The molecule has 4 rings (SSSR count). The molecule has 5 nitrogen and oxygen atoms in total. The number of fused-ring (bicyclic) bond motifs is 1. The van der Waals surface area contributed by atoms with Crippen molar-refractivity contribution in [3.05, 3.63) is 71.5 Å². The first-order valence-electron chi connectivity index (χ1n) is 7.94. The molecular formula is C19H15BrN5P. The molecule has 0 fully saturated rings. The number of aromatic nitrogens is 3. The minimum Gasteiger partial charge on any atom is -0.339 e. The second-order valence-corrected chi connectivity index (χ2v) is 7.20. The fourth-order valence-electron chi connectivity index (χ4n) is 2.54. The van der Waals surface area contributed by atoms with Crippen molar-refractivity contribution >= 4 is 64.5 Å². The Hall–Kier alpha value is -2.56. The number of anilines is 4. The van der Waals surface area contributed by atoms with Crippen molar-refractivity contribution in [1.82, 2.24) is 15.0 Å². The first kappa shape index (κ1) is 16.9. The molecule has 0 saturated carbocycles. The molecule has 2 aromatic carbocycles. The average molecular weight is 424 g/mol. The van der Waals surface area contributed by atoms with Gasteiger partial charge in [0.2, 0.25) is 5.95 Å². The zero-order valence-electron chi connectivity index (χ0n) is 13.6. The third-order valence-electron chi connectivity index (χ3n) is 3.78. The number of pyridine rings is 1. The van der Waals surface area contributed by atoms with E-state index in [2.05, 4.69) is 50.8 Å². The summed E-state index contributed by atoms with van der Waals surface area (Å²) in [6.45, 7) is 0. The Morgan fingerprint density at radius 3 is 2.69 bits per heavy atom. The van der Waals surface area contributed by atoms with Gasteiger partial charge in [0.25, 0.3) is 0 Å². The number of benzene rings is 2. The maximum atomic E-state index is 4.52. The van der Waals surface area contributed by atoms with Crippen LogP contribution >= 0.6 is 25.2 Å². The lowest BCUT2D eigenvalue weighted by Gasteiger charge is -2.10. The van der Waals surface area contributed by atoms with Crippen LogP contribution in [-0.2, 0) is 0 Å². The minimum atomic E-state index is 0.523. The molecule has 0 aliphatic heterocycles. The number of nitrogens with zero attached hydrogens (tertiary/aromatic N) is 3. The highest BCUT2D eigenvalue weighted by Crippen LogP contribution is 2.21. The van der Waals surface area contributed by atoms with Gasteiger partial charge in [0.05, 0.1) is 17.4 Å². The number of halogens is 1. The lowest BCUT2D eigenvalue weighted by atomic mass is 10.2. The number of nitrogens with one attached hydrogen (secondary N) is 2. The van der Waals surface area contributed by atoms with Crippen LogP contribution in [0.2, 0.25) is 0 Å². The molecule has 128 valence electrons. The first-order valence-corrected chi connectivity index (χ1v) is 9.31. The van der Waals surface area contributed by atoms with E-state index in [4.69, 9.17) is 0 Å². The molecule has 0 bridgehead atoms. The second kappa shape index (κ2) is 7.36. The van der Waals surface area contributed by atoms with E-state index in [-0.39, 0.29) is 0 Å². The van der Waals surface area contributed by atoms with E-state index in [0.29, 0.717) is 11.8 Å². The highest BCUT2D eigenvalue weighted by Gasteiger charge is 2.04. The standard InChI is InChI=1S/C19H15BrN5P/c20-13-5-6-16(17(26)10-13)24-19-21-8-7-18(25-19)23-14-9-12-3-1-2-4-15(12)22-11-14/h1-11H,26H2,(H2,21,23,24,25). The molecule has 0 amide bonds. The van der Waals surface area contributed by atoms with Crippen LogP contribution in [0.15, 0.2) is 71.5 Å². The van der Waals surface area contributed by atoms with Crippen molar-refractivity contribution in [2.24, 2.45) is 0 Å². The average Bonchev–Trinajstić information content (AvgIpc) is 2.64. The lowest BCUT2D eigenvalue weighted by Crippen LogP contribution is -2.05. The van der Waals surface area contributed by atoms with Gasteiger partial charge in [-0.15, -0.1) is 9.24 Å². The van der Waals surface area contributed by atoms with Crippen LogP contribution in [-0.4, -0.2) is 15.0 Å². The first-order chi connectivity index (χ1) is 12.7. The fraction of sp³-hybridized carbons (Fsp3) is 0. The largest absolute Gasteiger partial charge is 0.339 e. The van der Waals surface area contributed by atoms with Crippen LogP contribution in [0.1, 0.15) is 0 Å². The monoisotopic (exact) mass is 423 g/mol. The van der Waals surface area contributed by atoms with Crippen molar-refractivity contribution in [3.8, 4) is 0 Å². The van der Waals surface area contributed by atoms with E-state index in [1.165, 1.54) is 0 Å². The number of rotatable bonds is 4. The predicted octanol–water partition coefficient (Wildman–Crippen LogP) is 4.77. The van der Waals surface area contributed by atoms with Crippen LogP contribution in [0.3, 0.4) is 0 Å². The number of hydrogen-bond acceptors (Lipinski definition) is 5. The van der Waals surface area contributed by atoms with Crippen molar-refractivity contribution in [2.75, 3.05) is 10.6 Å². The molecule has 0 radical (unpaired) electrons. The van der Waals surface area contributed by atoms with Gasteiger partial charge in [-0.1, -0.05) is 34.1 Å². The maximum Gasteiger partial charge on any atom is 0.229 e. The topological polar surface area (TPSA) is 62.7 Å². The van der Waals surface area contributed by atoms with Crippen LogP contribution in [0.5, 0.6) is 0 Å². The Morgan fingerprint density at radius 2 is 1.81 bits per heavy atom. The molecule has 0 aliphatic rings. The van der Waals surface area contributed by atoms with Crippen molar-refractivity contribution < 1.29 is 0 Å². The highest BCUT2D eigenvalue weighted by molar-refractivity contribution is 9.10. The molecule has 2 aromatic heterocycles. The van der Waals surface area contributed by atoms with E-state index in [1.54, 1.807) is 12.4 Å². The smallest absolute Gasteiger partial charge is 0.229 e. The molecule has 0 spiro atoms. The molecule has 1 atom stereocenters. The maximum absolute atomic E-state index is 4.52. The van der Waals surface area contributed by atoms with E-state index < -0.39 is 0 Å². The summed E-state index contributed by atoms with van der Waals surface area (Å²) in [6.07, 6.45) is 3.51. The summed E-state index contributed by atoms with van der Waals surface area (Å²) in [4.78, 5) is 13.3. The second-order valence-electron chi connectivity index (χ2n) is 5.66. The van der Waals surface area contributed by atoms with Crippen LogP contribution in [0.4, 0.5) is 23.1 Å². The summed E-state index contributed by atoms with van der Waals surface area (Å²) in [5.74, 6) is 1.22. The van der Waals surface area contributed by atoms with Crippen LogP contribution in [0.25, 0.3) is 10.9 Å². The summed E-state index contributed by atoms with van der Waals surface area (Å²) in [5, 5.41) is 8.62. The molecule has 1 unspecified atom stereocenters. The zero-order chi connectivity index (χ0) is 17.9. The molecule has 26 heavy (non-hydrogen) atoms. The molecule has 2 N–H and O–H groups in total. The van der Waals surface area contributed by atoms with Gasteiger partial charge in [-0.25, -0.2) is 4.98 Å². The van der Waals surface area contributed by atoms with E-state index >= 15 is 0 Å². The number of hydrogen-bond donors (Lipinski definition) is 2. The van der Waals surface area contributed by atoms with Crippen molar-refractivity contribution in [2.45, 2.75) is 0 Å². The number of para-hydroxylation sites is 1. The van der Waals surface area contributed by atoms with Gasteiger partial charge in [0.1, 0.15) is 5.82 Å². The quantitative estimate of drug-likeness (QED) is 0.462. The molecule has 2 heterocycles. The van der Waals surface area contributed by atoms with Gasteiger partial charge in [-0.3, -0.25) is 4.98 Å². The van der Waals surface area contributed by atoms with Crippen LogP contribution < -0.4 is 15.9 Å². The van der Waals surface area contributed by atoms with Gasteiger partial charge in [-0.2, -0.15) is 4.98 Å². The Morgan fingerprint density at radius 1 is 0.923 bits per heavy atom. The zero-order valence-corrected chi connectivity index (χ0v) is 16.4. The summed E-state index contributed by atoms with van der Waals surface area (Å²) in [6, 6.07) is 17.8. The normalized spacial score (nSPS) is 10.7. The highest BCUT2D eigenvalue weighted by atomic mass is 79.9. The lowest BCUT2D eigenvalue weighted by molar-refractivity contribution is 1.17. The predicted molar refractivity (Wildman–Crippen MR) is 114 cm³/mol. The third kappa shape index (κ3) is 3.82. The Labute approximate surface area is 161 Å². The molecule has 0 aliphatic carbocycles. The molecule has 0 saturated heterocycles. The summed E-state index contributed by atoms with van der Waals surface area (Å²) < 4.78 is 1.02. The van der Waals surface area contributed by atoms with Crippen LogP contribution in [0, 0.1) is 0 Å². The van der Waals surface area contributed by atoms with Crippen molar-refractivity contribution in [3.63, 3.8) is 0 Å². The van der Waals surface area contributed by atoms with Gasteiger partial charge >= 0.3 is 0 Å². The summed E-state index contributed by atoms with van der Waals surface area (Å²) in [7, 11) is 2.70. The van der Waals surface area contributed by atoms with E-state index in [0.717, 1.165) is 32.1 Å². The Bertz CT molecular complexity index is 1090. The van der Waals surface area contributed by atoms with Gasteiger partial charge < -0.3 is 10.6 Å². The Balaban J connectivity index is 1.56. The SMILES string of the molecule is Pc1cc(Br)ccc1Nc1nccc(Nc2cnc3ccccc3c2)n1. The van der Waals surface area contributed by atoms with Crippen molar-refractivity contribution in [1.29, 1.82) is 0 Å².